The third kappa shape index (κ3) is 6.05. The molecule has 2 aromatic heterocycles. The maximum absolute atomic E-state index is 12.6. The molecular weight excluding hydrogens is 422 g/mol. The molecule has 0 saturated carbocycles. The number of carbonyl (C=O) groups is 1. The zero-order chi connectivity index (χ0) is 22.2. The molecule has 1 fully saturated rings. The Hall–Kier alpha value is -2.97. The lowest BCUT2D eigenvalue weighted by molar-refractivity contribution is 0.0951. The van der Waals surface area contributed by atoms with Gasteiger partial charge in [-0.3, -0.25) is 9.78 Å². The number of thioether (sulfide) groups is 1. The van der Waals surface area contributed by atoms with Gasteiger partial charge in [0.05, 0.1) is 12.3 Å². The molecule has 0 bridgehead atoms. The molecule has 0 aliphatic carbocycles. The molecular formula is C24H27N5O2S. The summed E-state index contributed by atoms with van der Waals surface area (Å²) in [5, 5.41) is 3.69. The molecule has 1 amide bonds. The molecule has 3 heterocycles. The predicted octanol–water partition coefficient (Wildman–Crippen LogP) is 3.84. The first-order valence-electron chi connectivity index (χ1n) is 10.7. The largest absolute Gasteiger partial charge is 0.378 e. The van der Waals surface area contributed by atoms with Crippen molar-refractivity contribution < 1.29 is 9.53 Å². The van der Waals surface area contributed by atoms with Gasteiger partial charge in [0.1, 0.15) is 5.82 Å². The maximum Gasteiger partial charge on any atom is 0.251 e. The van der Waals surface area contributed by atoms with E-state index in [2.05, 4.69) is 20.2 Å². The summed E-state index contributed by atoms with van der Waals surface area (Å²) in [5.41, 5.74) is 3.59. The predicted molar refractivity (Wildman–Crippen MR) is 126 cm³/mol. The van der Waals surface area contributed by atoms with Gasteiger partial charge in [0.15, 0.2) is 5.16 Å². The van der Waals surface area contributed by atoms with Gasteiger partial charge in [-0.25, -0.2) is 9.97 Å². The summed E-state index contributed by atoms with van der Waals surface area (Å²) in [4.78, 5) is 28.3. The van der Waals surface area contributed by atoms with E-state index in [4.69, 9.17) is 9.72 Å². The number of aromatic nitrogens is 3. The fourth-order valence-corrected chi connectivity index (χ4v) is 4.40. The highest BCUT2D eigenvalue weighted by Crippen LogP contribution is 2.25. The summed E-state index contributed by atoms with van der Waals surface area (Å²) in [6, 6.07) is 13.5. The van der Waals surface area contributed by atoms with Gasteiger partial charge in [-0.1, -0.05) is 23.9 Å². The topological polar surface area (TPSA) is 80.2 Å². The zero-order valence-corrected chi connectivity index (χ0v) is 19.0. The average Bonchev–Trinajstić information content (AvgIpc) is 3.37. The molecule has 1 aliphatic heterocycles. The van der Waals surface area contributed by atoms with Crippen LogP contribution < -0.4 is 10.2 Å². The summed E-state index contributed by atoms with van der Waals surface area (Å²) in [6.45, 7) is 3.00. The molecule has 1 saturated heterocycles. The lowest BCUT2D eigenvalue weighted by Crippen LogP contribution is -2.22. The van der Waals surface area contributed by atoms with Gasteiger partial charge >= 0.3 is 0 Å². The van der Waals surface area contributed by atoms with Crippen molar-refractivity contribution in [2.75, 3.05) is 25.1 Å². The van der Waals surface area contributed by atoms with E-state index in [-0.39, 0.29) is 5.91 Å². The van der Waals surface area contributed by atoms with Crippen LogP contribution >= 0.6 is 11.8 Å². The van der Waals surface area contributed by atoms with Crippen molar-refractivity contribution in [3.05, 3.63) is 77.2 Å². The van der Waals surface area contributed by atoms with Gasteiger partial charge in [0, 0.05) is 56.5 Å². The molecule has 0 radical (unpaired) electrons. The summed E-state index contributed by atoms with van der Waals surface area (Å²) >= 11 is 1.57. The normalized spacial score (nSPS) is 13.3. The zero-order valence-electron chi connectivity index (χ0n) is 18.2. The highest BCUT2D eigenvalue weighted by Gasteiger charge is 2.16. The second-order valence-electron chi connectivity index (χ2n) is 7.65. The number of amides is 1. The van der Waals surface area contributed by atoms with E-state index >= 15 is 0 Å². The molecule has 7 nitrogen and oxygen atoms in total. The van der Waals surface area contributed by atoms with E-state index in [1.807, 2.05) is 42.5 Å². The summed E-state index contributed by atoms with van der Waals surface area (Å²) in [5.74, 6) is 1.56. The fourth-order valence-electron chi connectivity index (χ4n) is 3.59. The minimum Gasteiger partial charge on any atom is -0.378 e. The Bertz CT molecular complexity index is 1040. The first-order valence-corrected chi connectivity index (χ1v) is 11.7. The van der Waals surface area contributed by atoms with Crippen LogP contribution in [0.4, 0.5) is 5.82 Å². The minimum absolute atomic E-state index is 0.0941. The van der Waals surface area contributed by atoms with Crippen LogP contribution in [-0.4, -0.2) is 41.1 Å². The van der Waals surface area contributed by atoms with Crippen molar-refractivity contribution in [1.82, 2.24) is 20.3 Å². The number of carbonyl (C=O) groups excluding carboxylic acids is 1. The van der Waals surface area contributed by atoms with E-state index in [0.717, 1.165) is 40.9 Å². The van der Waals surface area contributed by atoms with Crippen molar-refractivity contribution in [2.45, 2.75) is 36.9 Å². The standard InChI is InChI=1S/C24H27N5O2S/c1-31-16-21-14-22(29-11-2-3-12-29)28-24(27-21)32-17-19-5-4-6-20(13-19)23(30)26-15-18-7-9-25-10-8-18/h4-10,13-14H,2-3,11-12,15-17H2,1H3,(H,26,30). The second kappa shape index (κ2) is 11.1. The molecule has 0 spiro atoms. The number of hydrogen-bond donors (Lipinski definition) is 1. The Kier molecular flexibility index (Phi) is 7.68. The Labute approximate surface area is 192 Å². The molecule has 32 heavy (non-hydrogen) atoms. The molecule has 3 aromatic rings. The molecule has 8 heteroatoms. The number of benzene rings is 1. The van der Waals surface area contributed by atoms with Gasteiger partial charge < -0.3 is 15.0 Å². The van der Waals surface area contributed by atoms with E-state index in [9.17, 15) is 4.79 Å². The van der Waals surface area contributed by atoms with Gasteiger partial charge in [0.25, 0.3) is 5.91 Å². The van der Waals surface area contributed by atoms with Crippen LogP contribution in [0, 0.1) is 0 Å². The van der Waals surface area contributed by atoms with E-state index in [1.165, 1.54) is 12.8 Å². The van der Waals surface area contributed by atoms with E-state index in [0.29, 0.717) is 24.5 Å². The summed E-state index contributed by atoms with van der Waals surface area (Å²) < 4.78 is 5.29. The van der Waals surface area contributed by atoms with Crippen molar-refractivity contribution in [3.8, 4) is 0 Å². The van der Waals surface area contributed by atoms with Crippen LogP contribution in [0.1, 0.15) is 40.0 Å². The summed E-state index contributed by atoms with van der Waals surface area (Å²) in [7, 11) is 1.68. The quantitative estimate of drug-likeness (QED) is 0.393. The molecule has 1 N–H and O–H groups in total. The van der Waals surface area contributed by atoms with Crippen LogP contribution in [0.5, 0.6) is 0 Å². The molecule has 166 valence electrons. The van der Waals surface area contributed by atoms with Crippen LogP contribution in [0.15, 0.2) is 60.0 Å². The third-order valence-electron chi connectivity index (χ3n) is 5.23. The smallest absolute Gasteiger partial charge is 0.251 e. The van der Waals surface area contributed by atoms with Crippen LogP contribution in [0.3, 0.4) is 0 Å². The Morgan fingerprint density at radius 2 is 1.91 bits per heavy atom. The van der Waals surface area contributed by atoms with E-state index in [1.54, 1.807) is 31.3 Å². The van der Waals surface area contributed by atoms with E-state index < -0.39 is 0 Å². The minimum atomic E-state index is -0.0941. The number of nitrogens with one attached hydrogen (secondary N) is 1. The average molecular weight is 450 g/mol. The lowest BCUT2D eigenvalue weighted by Gasteiger charge is -2.17. The van der Waals surface area contributed by atoms with Crippen molar-refractivity contribution in [3.63, 3.8) is 0 Å². The van der Waals surface area contributed by atoms with Gasteiger partial charge in [-0.15, -0.1) is 0 Å². The number of hydrogen-bond acceptors (Lipinski definition) is 7. The van der Waals surface area contributed by atoms with Crippen molar-refractivity contribution in [1.29, 1.82) is 0 Å². The first kappa shape index (κ1) is 22.2. The molecule has 1 aromatic carbocycles. The number of nitrogens with zero attached hydrogens (tertiary/aromatic N) is 4. The first-order chi connectivity index (χ1) is 15.7. The van der Waals surface area contributed by atoms with Crippen molar-refractivity contribution >= 4 is 23.5 Å². The van der Waals surface area contributed by atoms with Gasteiger partial charge in [0.2, 0.25) is 0 Å². The van der Waals surface area contributed by atoms with Crippen LogP contribution in [-0.2, 0) is 23.6 Å². The highest BCUT2D eigenvalue weighted by molar-refractivity contribution is 7.98. The molecule has 4 rings (SSSR count). The Morgan fingerprint density at radius 3 is 2.69 bits per heavy atom. The number of methoxy groups -OCH3 is 1. The molecule has 0 unspecified atom stereocenters. The Morgan fingerprint density at radius 1 is 1.09 bits per heavy atom. The van der Waals surface area contributed by atoms with Crippen LogP contribution in [0.25, 0.3) is 0 Å². The molecule has 0 atom stereocenters. The second-order valence-corrected chi connectivity index (χ2v) is 8.60. The monoisotopic (exact) mass is 449 g/mol. The maximum atomic E-state index is 12.6. The number of pyridine rings is 1. The van der Waals surface area contributed by atoms with Gasteiger partial charge in [-0.2, -0.15) is 0 Å². The van der Waals surface area contributed by atoms with Crippen molar-refractivity contribution in [2.24, 2.45) is 0 Å². The SMILES string of the molecule is COCc1cc(N2CCCC2)nc(SCc2cccc(C(=O)NCc3ccncc3)c2)n1. The Balaban J connectivity index is 1.40. The highest BCUT2D eigenvalue weighted by atomic mass is 32.2. The number of rotatable bonds is 9. The van der Waals surface area contributed by atoms with Gasteiger partial charge in [-0.05, 0) is 48.2 Å². The third-order valence-corrected chi connectivity index (χ3v) is 6.15. The number of anilines is 1. The van der Waals surface area contributed by atoms with Crippen LogP contribution in [0.2, 0.25) is 0 Å². The molecule has 1 aliphatic rings. The number of ether oxygens (including phenoxy) is 1. The lowest BCUT2D eigenvalue weighted by atomic mass is 10.1. The summed E-state index contributed by atoms with van der Waals surface area (Å²) in [6.07, 6.45) is 5.83. The fraction of sp³-hybridized carbons (Fsp3) is 0.333.